The molecule has 0 aliphatic carbocycles. The van der Waals surface area contributed by atoms with E-state index in [-0.39, 0.29) is 5.91 Å². The Morgan fingerprint density at radius 3 is 2.68 bits per heavy atom. The first-order valence-electron chi connectivity index (χ1n) is 6.64. The highest BCUT2D eigenvalue weighted by Gasteiger charge is 2.09. The molecule has 4 nitrogen and oxygen atoms in total. The number of carbonyl (C=O) groups is 1. The highest BCUT2D eigenvalue weighted by Crippen LogP contribution is 2.19. The van der Waals surface area contributed by atoms with Crippen LogP contribution in [0.2, 0.25) is 0 Å². The molecule has 0 fully saturated rings. The van der Waals surface area contributed by atoms with Gasteiger partial charge in [-0.25, -0.2) is 0 Å². The van der Waals surface area contributed by atoms with E-state index in [1.807, 2.05) is 0 Å². The van der Waals surface area contributed by atoms with Crippen molar-refractivity contribution in [2.24, 2.45) is 0 Å². The summed E-state index contributed by atoms with van der Waals surface area (Å²) in [6.45, 7) is 8.07. The minimum atomic E-state index is -0.0845. The number of nitrogen functional groups attached to an aromatic ring is 1. The molecule has 106 valence electrons. The lowest BCUT2D eigenvalue weighted by Crippen LogP contribution is -2.30. The molecule has 19 heavy (non-hydrogen) atoms. The van der Waals surface area contributed by atoms with Crippen LogP contribution in [0.4, 0.5) is 5.69 Å². The van der Waals surface area contributed by atoms with Crippen LogP contribution in [0.15, 0.2) is 22.7 Å². The maximum Gasteiger partial charge on any atom is 0.252 e. The summed E-state index contributed by atoms with van der Waals surface area (Å²) in [5.74, 6) is -0.0845. The second kappa shape index (κ2) is 8.17. The highest BCUT2D eigenvalue weighted by atomic mass is 79.9. The number of nitrogens with two attached hydrogens (primary N) is 1. The molecule has 0 aromatic heterocycles. The van der Waals surface area contributed by atoms with Crippen molar-refractivity contribution in [3.05, 3.63) is 28.2 Å². The van der Waals surface area contributed by atoms with Crippen molar-refractivity contribution in [3.8, 4) is 0 Å². The van der Waals surface area contributed by atoms with Gasteiger partial charge in [-0.2, -0.15) is 0 Å². The summed E-state index contributed by atoms with van der Waals surface area (Å²) >= 11 is 3.36. The van der Waals surface area contributed by atoms with Gasteiger partial charge in [-0.05, 0) is 60.2 Å². The average molecular weight is 328 g/mol. The normalized spacial score (nSPS) is 10.7. The lowest BCUT2D eigenvalue weighted by molar-refractivity contribution is 0.0951. The molecule has 5 heteroatoms. The summed E-state index contributed by atoms with van der Waals surface area (Å²) in [6.07, 6.45) is 0.952. The van der Waals surface area contributed by atoms with Gasteiger partial charge in [-0.15, -0.1) is 0 Å². The monoisotopic (exact) mass is 327 g/mol. The Morgan fingerprint density at radius 1 is 1.37 bits per heavy atom. The predicted molar refractivity (Wildman–Crippen MR) is 83.3 cm³/mol. The first-order chi connectivity index (χ1) is 9.08. The second-order valence-electron chi connectivity index (χ2n) is 4.38. The smallest absolute Gasteiger partial charge is 0.252 e. The lowest BCUT2D eigenvalue weighted by Gasteiger charge is -2.17. The first-order valence-corrected chi connectivity index (χ1v) is 7.43. The molecule has 0 saturated heterocycles. The van der Waals surface area contributed by atoms with Crippen LogP contribution in [-0.2, 0) is 0 Å². The van der Waals surface area contributed by atoms with Crippen molar-refractivity contribution in [3.63, 3.8) is 0 Å². The molecule has 0 heterocycles. The van der Waals surface area contributed by atoms with Crippen molar-refractivity contribution in [2.45, 2.75) is 20.3 Å². The Morgan fingerprint density at radius 2 is 2.05 bits per heavy atom. The van der Waals surface area contributed by atoms with E-state index in [1.165, 1.54) is 0 Å². The zero-order chi connectivity index (χ0) is 14.3. The van der Waals surface area contributed by atoms with E-state index in [0.717, 1.165) is 30.5 Å². The molecule has 0 saturated carbocycles. The zero-order valence-corrected chi connectivity index (χ0v) is 13.2. The number of nitrogens with zero attached hydrogens (tertiary/aromatic N) is 1. The van der Waals surface area contributed by atoms with Gasteiger partial charge < -0.3 is 16.0 Å². The van der Waals surface area contributed by atoms with Gasteiger partial charge in [0.15, 0.2) is 0 Å². The number of hydrogen-bond acceptors (Lipinski definition) is 3. The van der Waals surface area contributed by atoms with E-state index in [1.54, 1.807) is 18.2 Å². The predicted octanol–water partition coefficient (Wildman–Crippen LogP) is 2.49. The largest absolute Gasteiger partial charge is 0.399 e. The van der Waals surface area contributed by atoms with E-state index in [4.69, 9.17) is 5.73 Å². The maximum absolute atomic E-state index is 12.0. The highest BCUT2D eigenvalue weighted by molar-refractivity contribution is 9.10. The first kappa shape index (κ1) is 16.0. The SMILES string of the molecule is CCN(CC)CCCNC(=O)c1cc(N)ccc1Br. The summed E-state index contributed by atoms with van der Waals surface area (Å²) in [4.78, 5) is 14.3. The Balaban J connectivity index is 2.41. The summed E-state index contributed by atoms with van der Waals surface area (Å²) < 4.78 is 0.767. The molecule has 0 bridgehead atoms. The van der Waals surface area contributed by atoms with Crippen LogP contribution in [0.1, 0.15) is 30.6 Å². The fourth-order valence-electron chi connectivity index (χ4n) is 1.86. The Bertz CT molecular complexity index is 419. The Hall–Kier alpha value is -1.07. The lowest BCUT2D eigenvalue weighted by atomic mass is 10.2. The molecule has 0 atom stereocenters. The average Bonchev–Trinajstić information content (AvgIpc) is 2.41. The number of hydrogen-bond donors (Lipinski definition) is 2. The van der Waals surface area contributed by atoms with Crippen molar-refractivity contribution >= 4 is 27.5 Å². The standard InChI is InChI=1S/C14H22BrN3O/c1-3-18(4-2)9-5-8-17-14(19)12-10-11(16)6-7-13(12)15/h6-7,10H,3-5,8-9,16H2,1-2H3,(H,17,19). The molecule has 0 radical (unpaired) electrons. The van der Waals surface area contributed by atoms with Gasteiger partial charge in [-0.3, -0.25) is 4.79 Å². The van der Waals surface area contributed by atoms with Crippen LogP contribution >= 0.6 is 15.9 Å². The fraction of sp³-hybridized carbons (Fsp3) is 0.500. The van der Waals surface area contributed by atoms with E-state index in [9.17, 15) is 4.79 Å². The van der Waals surface area contributed by atoms with Crippen LogP contribution in [0.3, 0.4) is 0 Å². The van der Waals surface area contributed by atoms with Gasteiger partial charge in [0.1, 0.15) is 0 Å². The molecule has 1 aromatic carbocycles. The second-order valence-corrected chi connectivity index (χ2v) is 5.23. The van der Waals surface area contributed by atoms with Crippen LogP contribution < -0.4 is 11.1 Å². The third kappa shape index (κ3) is 5.20. The molecule has 0 aliphatic rings. The van der Waals surface area contributed by atoms with Crippen molar-refractivity contribution in [1.29, 1.82) is 0 Å². The topological polar surface area (TPSA) is 58.4 Å². The molecule has 0 aliphatic heterocycles. The van der Waals surface area contributed by atoms with Crippen LogP contribution in [0.25, 0.3) is 0 Å². The molecular formula is C14H22BrN3O. The number of halogens is 1. The summed E-state index contributed by atoms with van der Waals surface area (Å²) in [5.41, 5.74) is 6.87. The van der Waals surface area contributed by atoms with Crippen molar-refractivity contribution in [1.82, 2.24) is 10.2 Å². The Labute approximate surface area is 123 Å². The van der Waals surface area contributed by atoms with E-state index >= 15 is 0 Å². The number of nitrogens with one attached hydrogen (secondary N) is 1. The Kier molecular flexibility index (Phi) is 6.87. The fourth-order valence-corrected chi connectivity index (χ4v) is 2.28. The van der Waals surface area contributed by atoms with E-state index in [2.05, 4.69) is 40.0 Å². The zero-order valence-electron chi connectivity index (χ0n) is 11.6. The number of amides is 1. The summed E-state index contributed by atoms with van der Waals surface area (Å²) in [5, 5.41) is 2.92. The summed E-state index contributed by atoms with van der Waals surface area (Å²) in [7, 11) is 0. The maximum atomic E-state index is 12.0. The number of anilines is 1. The van der Waals surface area contributed by atoms with Gasteiger partial charge >= 0.3 is 0 Å². The number of carbonyl (C=O) groups excluding carboxylic acids is 1. The van der Waals surface area contributed by atoms with Crippen LogP contribution in [0.5, 0.6) is 0 Å². The number of benzene rings is 1. The number of rotatable bonds is 7. The van der Waals surface area contributed by atoms with Crippen molar-refractivity contribution in [2.75, 3.05) is 31.9 Å². The molecule has 0 unspecified atom stereocenters. The van der Waals surface area contributed by atoms with Gasteiger partial charge in [0.25, 0.3) is 5.91 Å². The minimum absolute atomic E-state index is 0.0845. The molecule has 3 N–H and O–H groups in total. The van der Waals surface area contributed by atoms with Gasteiger partial charge in [0, 0.05) is 16.7 Å². The molecule has 0 spiro atoms. The molecular weight excluding hydrogens is 306 g/mol. The summed E-state index contributed by atoms with van der Waals surface area (Å²) in [6, 6.07) is 5.24. The third-order valence-electron chi connectivity index (χ3n) is 3.07. The molecule has 1 amide bonds. The van der Waals surface area contributed by atoms with Crippen molar-refractivity contribution < 1.29 is 4.79 Å². The van der Waals surface area contributed by atoms with E-state index in [0.29, 0.717) is 17.8 Å². The third-order valence-corrected chi connectivity index (χ3v) is 3.76. The minimum Gasteiger partial charge on any atom is -0.399 e. The van der Waals surface area contributed by atoms with Crippen LogP contribution in [-0.4, -0.2) is 37.0 Å². The molecule has 1 rings (SSSR count). The quantitative estimate of drug-likeness (QED) is 0.597. The van der Waals surface area contributed by atoms with Gasteiger partial charge in [0.2, 0.25) is 0 Å². The van der Waals surface area contributed by atoms with E-state index < -0.39 is 0 Å². The van der Waals surface area contributed by atoms with Gasteiger partial charge in [-0.1, -0.05) is 13.8 Å². The van der Waals surface area contributed by atoms with Gasteiger partial charge in [0.05, 0.1) is 5.56 Å². The molecule has 1 aromatic rings. The van der Waals surface area contributed by atoms with Crippen LogP contribution in [0, 0.1) is 0 Å².